The molecule has 0 spiro atoms. The van der Waals surface area contributed by atoms with Crippen LogP contribution in [0, 0.1) is 3.57 Å². The molecule has 2 aromatic rings. The maximum atomic E-state index is 12.2. The first-order chi connectivity index (χ1) is 10.6. The lowest BCUT2D eigenvalue weighted by molar-refractivity contribution is -0.121. The van der Waals surface area contributed by atoms with Gasteiger partial charge >= 0.3 is 0 Å². The van der Waals surface area contributed by atoms with Crippen LogP contribution in [0.3, 0.4) is 0 Å². The molecule has 3 rings (SSSR count). The van der Waals surface area contributed by atoms with Gasteiger partial charge in [0.25, 0.3) is 5.91 Å². The summed E-state index contributed by atoms with van der Waals surface area (Å²) in [5.41, 5.74) is 1.01. The first kappa shape index (κ1) is 15.8. The SMILES string of the molecule is CCN1C(=O)/C(=C/c2ccc(-c3ccc(I)cc3)o2)SC1=S. The summed E-state index contributed by atoms with van der Waals surface area (Å²) >= 11 is 8.78. The Labute approximate surface area is 151 Å². The zero-order valence-electron chi connectivity index (χ0n) is 11.7. The van der Waals surface area contributed by atoms with Crippen LogP contribution in [-0.2, 0) is 4.79 Å². The van der Waals surface area contributed by atoms with Gasteiger partial charge in [-0.15, -0.1) is 0 Å². The second-order valence-electron chi connectivity index (χ2n) is 4.63. The number of thioether (sulfide) groups is 1. The molecule has 1 aromatic carbocycles. The van der Waals surface area contributed by atoms with Gasteiger partial charge in [-0.25, -0.2) is 0 Å². The van der Waals surface area contributed by atoms with Crippen LogP contribution in [0.25, 0.3) is 17.4 Å². The van der Waals surface area contributed by atoms with Crippen LogP contribution in [0.1, 0.15) is 12.7 Å². The summed E-state index contributed by atoms with van der Waals surface area (Å²) in [6, 6.07) is 11.9. The quantitative estimate of drug-likeness (QED) is 0.390. The molecule has 0 radical (unpaired) electrons. The van der Waals surface area contributed by atoms with E-state index in [4.69, 9.17) is 16.6 Å². The van der Waals surface area contributed by atoms with Crippen LogP contribution < -0.4 is 0 Å². The predicted molar refractivity (Wildman–Crippen MR) is 102 cm³/mol. The third-order valence-corrected chi connectivity index (χ3v) is 5.32. The van der Waals surface area contributed by atoms with Gasteiger partial charge in [0.15, 0.2) is 0 Å². The number of benzene rings is 1. The minimum atomic E-state index is -0.0512. The van der Waals surface area contributed by atoms with E-state index in [0.717, 1.165) is 11.3 Å². The average Bonchev–Trinajstić information content (AvgIpc) is 3.06. The number of likely N-dealkylation sites (N-methyl/N-ethyl adjacent to an activating group) is 1. The average molecular weight is 441 g/mol. The van der Waals surface area contributed by atoms with Crippen LogP contribution in [0.5, 0.6) is 0 Å². The monoisotopic (exact) mass is 441 g/mol. The van der Waals surface area contributed by atoms with Crippen molar-refractivity contribution in [3.8, 4) is 11.3 Å². The summed E-state index contributed by atoms with van der Waals surface area (Å²) < 4.78 is 7.60. The summed E-state index contributed by atoms with van der Waals surface area (Å²) in [5, 5.41) is 0. The lowest BCUT2D eigenvalue weighted by Gasteiger charge is -2.09. The number of thiocarbonyl (C=S) groups is 1. The molecule has 1 amide bonds. The van der Waals surface area contributed by atoms with Crippen LogP contribution in [0.15, 0.2) is 45.7 Å². The maximum absolute atomic E-state index is 12.2. The van der Waals surface area contributed by atoms with Gasteiger partial charge < -0.3 is 4.42 Å². The lowest BCUT2D eigenvalue weighted by Crippen LogP contribution is -2.27. The van der Waals surface area contributed by atoms with Crippen molar-refractivity contribution in [1.29, 1.82) is 0 Å². The fraction of sp³-hybridized carbons (Fsp3) is 0.125. The molecule has 3 nitrogen and oxygen atoms in total. The minimum absolute atomic E-state index is 0.0512. The topological polar surface area (TPSA) is 33.5 Å². The van der Waals surface area contributed by atoms with E-state index >= 15 is 0 Å². The number of carbonyl (C=O) groups is 1. The number of amides is 1. The summed E-state index contributed by atoms with van der Waals surface area (Å²) in [4.78, 5) is 14.4. The Kier molecular flexibility index (Phi) is 4.70. The first-order valence-corrected chi connectivity index (χ1v) is 9.00. The standard InChI is InChI=1S/C16H12INO2S2/c1-2-18-15(19)14(22-16(18)21)9-12-7-8-13(20-12)10-3-5-11(17)6-4-10/h3-9H,2H2,1H3/b14-9-. The Morgan fingerprint density at radius 3 is 2.64 bits per heavy atom. The molecule has 22 heavy (non-hydrogen) atoms. The molecule has 1 aromatic heterocycles. The Balaban J connectivity index is 1.86. The molecule has 0 N–H and O–H groups in total. The van der Waals surface area contributed by atoms with Crippen molar-refractivity contribution in [3.05, 3.63) is 50.6 Å². The summed E-state index contributed by atoms with van der Waals surface area (Å²) in [6.45, 7) is 2.50. The smallest absolute Gasteiger partial charge is 0.266 e. The van der Waals surface area contributed by atoms with Crippen molar-refractivity contribution in [2.45, 2.75) is 6.92 Å². The van der Waals surface area contributed by atoms with Gasteiger partial charge in [0.1, 0.15) is 15.8 Å². The first-order valence-electron chi connectivity index (χ1n) is 6.69. The van der Waals surface area contributed by atoms with E-state index in [1.54, 1.807) is 11.0 Å². The highest BCUT2D eigenvalue weighted by Gasteiger charge is 2.30. The highest BCUT2D eigenvalue weighted by Crippen LogP contribution is 2.33. The van der Waals surface area contributed by atoms with Crippen molar-refractivity contribution in [3.63, 3.8) is 0 Å². The summed E-state index contributed by atoms with van der Waals surface area (Å²) in [5.74, 6) is 1.39. The lowest BCUT2D eigenvalue weighted by atomic mass is 10.2. The summed E-state index contributed by atoms with van der Waals surface area (Å²) in [6.07, 6.45) is 1.76. The van der Waals surface area contributed by atoms with E-state index in [9.17, 15) is 4.79 Å². The minimum Gasteiger partial charge on any atom is -0.457 e. The predicted octanol–water partition coefficient (Wildman–Crippen LogP) is 4.77. The van der Waals surface area contributed by atoms with Gasteiger partial charge in [-0.3, -0.25) is 9.69 Å². The molecular formula is C16H12INO2S2. The zero-order chi connectivity index (χ0) is 15.7. The molecular weight excluding hydrogens is 429 g/mol. The van der Waals surface area contributed by atoms with Crippen LogP contribution in [0.2, 0.25) is 0 Å². The summed E-state index contributed by atoms with van der Waals surface area (Å²) in [7, 11) is 0. The van der Waals surface area contributed by atoms with Crippen LogP contribution in [0.4, 0.5) is 0 Å². The fourth-order valence-electron chi connectivity index (χ4n) is 2.10. The van der Waals surface area contributed by atoms with Gasteiger partial charge in [0.05, 0.1) is 4.91 Å². The van der Waals surface area contributed by atoms with E-state index < -0.39 is 0 Å². The van der Waals surface area contributed by atoms with Crippen molar-refractivity contribution in [1.82, 2.24) is 4.90 Å². The number of furan rings is 1. The van der Waals surface area contributed by atoms with Gasteiger partial charge in [-0.2, -0.15) is 0 Å². The molecule has 112 valence electrons. The number of rotatable bonds is 3. The van der Waals surface area contributed by atoms with Crippen LogP contribution in [-0.4, -0.2) is 21.7 Å². The van der Waals surface area contributed by atoms with E-state index in [-0.39, 0.29) is 5.91 Å². The van der Waals surface area contributed by atoms with E-state index in [1.807, 2.05) is 43.3 Å². The van der Waals surface area contributed by atoms with Gasteiger partial charge in [0, 0.05) is 21.8 Å². The number of halogens is 1. The second kappa shape index (κ2) is 6.55. The van der Waals surface area contributed by atoms with Crippen LogP contribution >= 0.6 is 46.6 Å². The molecule has 1 saturated heterocycles. The van der Waals surface area contributed by atoms with Gasteiger partial charge in [-0.05, 0) is 53.8 Å². The molecule has 1 aliphatic rings. The molecule has 0 atom stereocenters. The Bertz CT molecular complexity index is 765. The van der Waals surface area contributed by atoms with E-state index in [1.165, 1.54) is 15.3 Å². The Morgan fingerprint density at radius 1 is 1.27 bits per heavy atom. The zero-order valence-corrected chi connectivity index (χ0v) is 15.5. The molecule has 0 saturated carbocycles. The molecule has 6 heteroatoms. The van der Waals surface area contributed by atoms with E-state index in [0.29, 0.717) is 21.5 Å². The Morgan fingerprint density at radius 2 is 2.00 bits per heavy atom. The normalized spacial score (nSPS) is 16.8. The van der Waals surface area contributed by atoms with Crippen molar-refractivity contribution in [2.24, 2.45) is 0 Å². The van der Waals surface area contributed by atoms with E-state index in [2.05, 4.69) is 22.6 Å². The van der Waals surface area contributed by atoms with Crippen molar-refractivity contribution < 1.29 is 9.21 Å². The highest BCUT2D eigenvalue weighted by molar-refractivity contribution is 14.1. The number of hydrogen-bond acceptors (Lipinski definition) is 4. The fourth-order valence-corrected chi connectivity index (χ4v) is 3.83. The van der Waals surface area contributed by atoms with Gasteiger partial charge in [-0.1, -0.05) is 36.1 Å². The molecule has 0 unspecified atom stereocenters. The molecule has 0 aliphatic carbocycles. The molecule has 1 fully saturated rings. The largest absolute Gasteiger partial charge is 0.457 e. The molecule has 2 heterocycles. The second-order valence-corrected chi connectivity index (χ2v) is 7.56. The maximum Gasteiger partial charge on any atom is 0.266 e. The third kappa shape index (κ3) is 3.13. The van der Waals surface area contributed by atoms with Gasteiger partial charge in [0.2, 0.25) is 0 Å². The molecule has 0 bridgehead atoms. The number of nitrogens with zero attached hydrogens (tertiary/aromatic N) is 1. The van der Waals surface area contributed by atoms with Crippen molar-refractivity contribution in [2.75, 3.05) is 6.54 Å². The third-order valence-electron chi connectivity index (χ3n) is 3.22. The number of hydrogen-bond donors (Lipinski definition) is 0. The van der Waals surface area contributed by atoms with Crippen molar-refractivity contribution >= 4 is 62.9 Å². The number of carbonyl (C=O) groups excluding carboxylic acids is 1. The Hall–Kier alpha value is -1.12. The molecule has 1 aliphatic heterocycles. The highest BCUT2D eigenvalue weighted by atomic mass is 127.